The summed E-state index contributed by atoms with van der Waals surface area (Å²) >= 11 is 0. The van der Waals surface area contributed by atoms with Crippen LogP contribution in [0.4, 0.5) is 4.79 Å². The predicted octanol–water partition coefficient (Wildman–Crippen LogP) is 3.16. The van der Waals surface area contributed by atoms with Crippen LogP contribution in [0, 0.1) is 0 Å². The van der Waals surface area contributed by atoms with E-state index in [0.717, 1.165) is 32.1 Å². The van der Waals surface area contributed by atoms with Crippen molar-refractivity contribution in [3.05, 3.63) is 41.5 Å². The third kappa shape index (κ3) is 5.65. The Labute approximate surface area is 198 Å². The van der Waals surface area contributed by atoms with Crippen LogP contribution in [0.1, 0.15) is 50.2 Å². The van der Waals surface area contributed by atoms with Crippen LogP contribution in [0.3, 0.4) is 0 Å². The summed E-state index contributed by atoms with van der Waals surface area (Å²) in [4.78, 5) is 51.1. The second kappa shape index (κ2) is 11.5. The minimum absolute atomic E-state index is 0.128. The van der Waals surface area contributed by atoms with Crippen LogP contribution in [0.25, 0.3) is 6.08 Å². The third-order valence-electron chi connectivity index (χ3n) is 5.76. The van der Waals surface area contributed by atoms with Gasteiger partial charge in [0, 0.05) is 11.6 Å². The lowest BCUT2D eigenvalue weighted by Gasteiger charge is -2.35. The van der Waals surface area contributed by atoms with Crippen molar-refractivity contribution in [1.82, 2.24) is 10.2 Å². The lowest BCUT2D eigenvalue weighted by molar-refractivity contribution is -0.145. The first-order valence-electron chi connectivity index (χ1n) is 11.4. The van der Waals surface area contributed by atoms with Gasteiger partial charge in [-0.3, -0.25) is 19.8 Å². The lowest BCUT2D eigenvalue weighted by atomic mass is 9.93. The maximum Gasteiger partial charge on any atom is 0.344 e. The Balaban J connectivity index is 1.95. The molecule has 0 bridgehead atoms. The highest BCUT2D eigenvalue weighted by molar-refractivity contribution is 6.31. The number of hydrogen-bond acceptors (Lipinski definition) is 7. The molecule has 0 aromatic heterocycles. The van der Waals surface area contributed by atoms with Crippen LogP contribution >= 0.6 is 0 Å². The summed E-state index contributed by atoms with van der Waals surface area (Å²) in [7, 11) is 1.45. The molecule has 3 rings (SSSR count). The zero-order chi connectivity index (χ0) is 24.7. The number of methoxy groups -OCH3 is 1. The highest BCUT2D eigenvalue weighted by Crippen LogP contribution is 2.35. The molecule has 1 N–H and O–H groups in total. The monoisotopic (exact) mass is 470 g/mol. The number of hydrogen-bond donors (Lipinski definition) is 1. The number of barbiturate groups is 1. The molecular formula is C25H30N2O7. The van der Waals surface area contributed by atoms with E-state index in [1.807, 2.05) is 0 Å². The highest BCUT2D eigenvalue weighted by Gasteiger charge is 2.40. The molecule has 0 radical (unpaired) electrons. The van der Waals surface area contributed by atoms with E-state index in [4.69, 9.17) is 14.2 Å². The normalized spacial score (nSPS) is 18.0. The Morgan fingerprint density at radius 3 is 2.59 bits per heavy atom. The topological polar surface area (TPSA) is 111 Å². The van der Waals surface area contributed by atoms with Crippen molar-refractivity contribution in [1.29, 1.82) is 0 Å². The van der Waals surface area contributed by atoms with Gasteiger partial charge in [0.2, 0.25) is 0 Å². The largest absolute Gasteiger partial charge is 0.493 e. The Morgan fingerprint density at radius 2 is 1.94 bits per heavy atom. The first kappa shape index (κ1) is 25.0. The van der Waals surface area contributed by atoms with Gasteiger partial charge in [-0.05, 0) is 50.0 Å². The molecule has 0 atom stereocenters. The molecule has 9 nitrogen and oxygen atoms in total. The maximum atomic E-state index is 13.2. The molecule has 1 saturated heterocycles. The second-order valence-corrected chi connectivity index (χ2v) is 8.08. The van der Waals surface area contributed by atoms with Crippen LogP contribution in [-0.4, -0.2) is 55.1 Å². The van der Waals surface area contributed by atoms with E-state index in [1.54, 1.807) is 25.1 Å². The van der Waals surface area contributed by atoms with E-state index < -0.39 is 23.8 Å². The molecule has 2 aliphatic rings. The van der Waals surface area contributed by atoms with E-state index in [0.29, 0.717) is 29.0 Å². The SMILES string of the molecule is C=CCc1cc(C=C2C(=O)NC(=O)N(C3CCCCC3)C2=O)cc(OC)c1OCC(=O)OCC. The Bertz CT molecular complexity index is 1010. The molecule has 1 aliphatic heterocycles. The molecular weight excluding hydrogens is 440 g/mol. The Morgan fingerprint density at radius 1 is 1.21 bits per heavy atom. The molecule has 182 valence electrons. The van der Waals surface area contributed by atoms with Crippen LogP contribution in [0.2, 0.25) is 0 Å². The van der Waals surface area contributed by atoms with E-state index in [-0.39, 0.29) is 24.8 Å². The molecule has 4 amide bonds. The highest BCUT2D eigenvalue weighted by atomic mass is 16.6. The van der Waals surface area contributed by atoms with Gasteiger partial charge in [0.15, 0.2) is 18.1 Å². The smallest absolute Gasteiger partial charge is 0.344 e. The quantitative estimate of drug-likeness (QED) is 0.255. The van der Waals surface area contributed by atoms with Crippen molar-refractivity contribution in [2.75, 3.05) is 20.3 Å². The fraction of sp³-hybridized carbons (Fsp3) is 0.440. The van der Waals surface area contributed by atoms with Gasteiger partial charge in [-0.1, -0.05) is 25.3 Å². The standard InChI is InChI=1S/C25H30N2O7/c1-4-9-17-12-16(14-20(32-3)22(17)34-15-21(28)33-5-2)13-19-23(29)26-25(31)27(24(19)30)18-10-7-6-8-11-18/h4,12-14,18H,1,5-11,15H2,2-3H3,(H,26,29,31). The summed E-state index contributed by atoms with van der Waals surface area (Å²) in [5, 5.41) is 2.29. The van der Waals surface area contributed by atoms with Gasteiger partial charge in [0.1, 0.15) is 5.57 Å². The third-order valence-corrected chi connectivity index (χ3v) is 5.76. The summed E-state index contributed by atoms with van der Waals surface area (Å²) < 4.78 is 16.0. The summed E-state index contributed by atoms with van der Waals surface area (Å²) in [6.07, 6.45) is 7.87. The zero-order valence-corrected chi connectivity index (χ0v) is 19.6. The maximum absolute atomic E-state index is 13.2. The number of nitrogens with zero attached hydrogens (tertiary/aromatic N) is 1. The van der Waals surface area contributed by atoms with Gasteiger partial charge in [0.05, 0.1) is 13.7 Å². The minimum Gasteiger partial charge on any atom is -0.493 e. The van der Waals surface area contributed by atoms with Gasteiger partial charge in [-0.15, -0.1) is 6.58 Å². The van der Waals surface area contributed by atoms with Crippen LogP contribution in [0.5, 0.6) is 11.5 Å². The number of benzene rings is 1. The number of carbonyl (C=O) groups excluding carboxylic acids is 4. The number of ether oxygens (including phenoxy) is 3. The minimum atomic E-state index is -0.742. The Kier molecular flexibility index (Phi) is 8.45. The van der Waals surface area contributed by atoms with Gasteiger partial charge in [0.25, 0.3) is 11.8 Å². The van der Waals surface area contributed by atoms with E-state index in [2.05, 4.69) is 11.9 Å². The van der Waals surface area contributed by atoms with E-state index in [1.165, 1.54) is 18.1 Å². The van der Waals surface area contributed by atoms with Crippen molar-refractivity contribution >= 4 is 29.9 Å². The fourth-order valence-electron chi connectivity index (χ4n) is 4.23. The summed E-state index contributed by atoms with van der Waals surface area (Å²) in [5.74, 6) is -1.20. The number of nitrogens with one attached hydrogen (secondary N) is 1. The zero-order valence-electron chi connectivity index (χ0n) is 19.6. The first-order valence-corrected chi connectivity index (χ1v) is 11.4. The molecule has 1 aliphatic carbocycles. The van der Waals surface area contributed by atoms with Crippen molar-refractivity contribution in [2.45, 2.75) is 51.5 Å². The number of carbonyl (C=O) groups is 4. The van der Waals surface area contributed by atoms with Crippen molar-refractivity contribution in [3.8, 4) is 11.5 Å². The summed E-state index contributed by atoms with van der Waals surface area (Å²) in [6, 6.07) is 2.43. The Hall–Kier alpha value is -3.62. The van der Waals surface area contributed by atoms with Crippen LogP contribution < -0.4 is 14.8 Å². The molecule has 9 heteroatoms. The molecule has 34 heavy (non-hydrogen) atoms. The number of esters is 1. The van der Waals surface area contributed by atoms with Crippen molar-refractivity contribution in [2.24, 2.45) is 0 Å². The lowest BCUT2D eigenvalue weighted by Crippen LogP contribution is -2.58. The van der Waals surface area contributed by atoms with Crippen LogP contribution in [0.15, 0.2) is 30.4 Å². The number of allylic oxidation sites excluding steroid dienone is 1. The molecule has 0 unspecified atom stereocenters. The second-order valence-electron chi connectivity index (χ2n) is 8.08. The van der Waals surface area contributed by atoms with Crippen molar-refractivity contribution < 1.29 is 33.4 Å². The average molecular weight is 471 g/mol. The average Bonchev–Trinajstić information content (AvgIpc) is 2.81. The van der Waals surface area contributed by atoms with Crippen LogP contribution in [-0.2, 0) is 25.5 Å². The molecule has 2 fully saturated rings. The predicted molar refractivity (Wildman–Crippen MR) is 124 cm³/mol. The molecule has 1 aromatic rings. The molecule has 1 heterocycles. The van der Waals surface area contributed by atoms with E-state index in [9.17, 15) is 19.2 Å². The molecule has 1 aromatic carbocycles. The number of rotatable bonds is 9. The molecule has 1 saturated carbocycles. The summed E-state index contributed by atoms with van der Waals surface area (Å²) in [6.45, 7) is 5.40. The number of imide groups is 2. The first-order chi connectivity index (χ1) is 16.4. The van der Waals surface area contributed by atoms with Crippen molar-refractivity contribution in [3.63, 3.8) is 0 Å². The van der Waals surface area contributed by atoms with Gasteiger partial charge in [-0.2, -0.15) is 0 Å². The van der Waals surface area contributed by atoms with Gasteiger partial charge in [-0.25, -0.2) is 9.59 Å². The van der Waals surface area contributed by atoms with Gasteiger partial charge < -0.3 is 14.2 Å². The number of urea groups is 1. The number of amides is 4. The summed E-state index contributed by atoms with van der Waals surface area (Å²) in [5.41, 5.74) is 1.03. The fourth-order valence-corrected chi connectivity index (χ4v) is 4.23. The van der Waals surface area contributed by atoms with Gasteiger partial charge >= 0.3 is 12.0 Å². The van der Waals surface area contributed by atoms with E-state index >= 15 is 0 Å². The molecule has 0 spiro atoms.